The van der Waals surface area contributed by atoms with E-state index in [-0.39, 0.29) is 6.61 Å². The standard InChI is InChI=1S/C9H10N2O2/c10-5-6-13-8(12)9(7-11)3-1-2-4-9/h1-4,6H2. The van der Waals surface area contributed by atoms with Gasteiger partial charge in [0.2, 0.25) is 0 Å². The van der Waals surface area contributed by atoms with E-state index >= 15 is 0 Å². The van der Waals surface area contributed by atoms with Crippen molar-refractivity contribution in [1.82, 2.24) is 0 Å². The molecule has 0 bridgehead atoms. The third-order valence-corrected chi connectivity index (χ3v) is 2.33. The summed E-state index contributed by atoms with van der Waals surface area (Å²) >= 11 is 0. The van der Waals surface area contributed by atoms with E-state index in [1.165, 1.54) is 0 Å². The van der Waals surface area contributed by atoms with Crippen molar-refractivity contribution in [2.24, 2.45) is 5.41 Å². The second-order valence-corrected chi connectivity index (χ2v) is 3.14. The van der Waals surface area contributed by atoms with Crippen LogP contribution in [0.2, 0.25) is 0 Å². The van der Waals surface area contributed by atoms with Gasteiger partial charge in [0.15, 0.2) is 12.0 Å². The summed E-state index contributed by atoms with van der Waals surface area (Å²) in [7, 11) is 0. The van der Waals surface area contributed by atoms with Crippen LogP contribution in [0.25, 0.3) is 0 Å². The zero-order chi connectivity index (χ0) is 9.73. The van der Waals surface area contributed by atoms with Crippen LogP contribution in [0, 0.1) is 28.1 Å². The van der Waals surface area contributed by atoms with Crippen molar-refractivity contribution >= 4 is 5.97 Å². The predicted molar refractivity (Wildman–Crippen MR) is 43.1 cm³/mol. The number of esters is 1. The zero-order valence-corrected chi connectivity index (χ0v) is 7.25. The first kappa shape index (κ1) is 9.54. The van der Waals surface area contributed by atoms with Gasteiger partial charge in [0.25, 0.3) is 0 Å². The Balaban J connectivity index is 2.63. The van der Waals surface area contributed by atoms with Gasteiger partial charge >= 0.3 is 5.97 Å². The van der Waals surface area contributed by atoms with Crippen molar-refractivity contribution in [2.75, 3.05) is 6.61 Å². The minimum absolute atomic E-state index is 0.262. The Morgan fingerprint density at radius 1 is 1.38 bits per heavy atom. The van der Waals surface area contributed by atoms with Gasteiger partial charge in [-0.2, -0.15) is 10.5 Å². The molecule has 0 saturated heterocycles. The van der Waals surface area contributed by atoms with Crippen LogP contribution in [0.3, 0.4) is 0 Å². The summed E-state index contributed by atoms with van der Waals surface area (Å²) in [4.78, 5) is 11.4. The molecular weight excluding hydrogens is 168 g/mol. The fourth-order valence-corrected chi connectivity index (χ4v) is 1.58. The molecule has 0 spiro atoms. The smallest absolute Gasteiger partial charge is 0.327 e. The van der Waals surface area contributed by atoms with E-state index in [0.717, 1.165) is 12.8 Å². The van der Waals surface area contributed by atoms with E-state index in [4.69, 9.17) is 10.5 Å². The van der Waals surface area contributed by atoms with Crippen molar-refractivity contribution in [3.05, 3.63) is 0 Å². The van der Waals surface area contributed by atoms with Crippen molar-refractivity contribution in [2.45, 2.75) is 25.7 Å². The van der Waals surface area contributed by atoms with Crippen LogP contribution >= 0.6 is 0 Å². The Morgan fingerprint density at radius 2 is 2.00 bits per heavy atom. The number of nitriles is 2. The molecule has 0 unspecified atom stereocenters. The van der Waals surface area contributed by atoms with Crippen LogP contribution in [0.4, 0.5) is 0 Å². The molecule has 0 heterocycles. The van der Waals surface area contributed by atoms with E-state index in [0.29, 0.717) is 12.8 Å². The van der Waals surface area contributed by atoms with Gasteiger partial charge in [-0.1, -0.05) is 12.8 Å². The first-order chi connectivity index (χ1) is 6.25. The minimum atomic E-state index is -0.961. The minimum Gasteiger partial charge on any atom is -0.449 e. The summed E-state index contributed by atoms with van der Waals surface area (Å²) in [6.07, 6.45) is 2.89. The van der Waals surface area contributed by atoms with Gasteiger partial charge in [0.05, 0.1) is 6.07 Å². The molecule has 0 amide bonds. The molecular formula is C9H10N2O2. The van der Waals surface area contributed by atoms with E-state index in [1.54, 1.807) is 6.07 Å². The Hall–Kier alpha value is -1.55. The monoisotopic (exact) mass is 178 g/mol. The average molecular weight is 178 g/mol. The molecule has 1 aliphatic carbocycles. The van der Waals surface area contributed by atoms with Gasteiger partial charge in [-0.3, -0.25) is 4.79 Å². The second-order valence-electron chi connectivity index (χ2n) is 3.14. The number of hydrogen-bond donors (Lipinski definition) is 0. The lowest BCUT2D eigenvalue weighted by molar-refractivity contribution is -0.150. The van der Waals surface area contributed by atoms with Gasteiger partial charge in [-0.05, 0) is 12.8 Å². The molecule has 1 fully saturated rings. The molecule has 0 aromatic carbocycles. The molecule has 0 N–H and O–H groups in total. The molecule has 0 atom stereocenters. The number of carbonyl (C=O) groups excluding carboxylic acids is 1. The molecule has 0 aromatic rings. The lowest BCUT2D eigenvalue weighted by Crippen LogP contribution is -2.28. The van der Waals surface area contributed by atoms with Gasteiger partial charge in [-0.15, -0.1) is 0 Å². The largest absolute Gasteiger partial charge is 0.449 e. The highest BCUT2D eigenvalue weighted by molar-refractivity contribution is 5.80. The highest BCUT2D eigenvalue weighted by Gasteiger charge is 2.42. The van der Waals surface area contributed by atoms with Crippen LogP contribution in [0.5, 0.6) is 0 Å². The molecule has 0 aromatic heterocycles. The van der Waals surface area contributed by atoms with E-state index in [1.807, 2.05) is 6.07 Å². The maximum Gasteiger partial charge on any atom is 0.327 e. The third-order valence-electron chi connectivity index (χ3n) is 2.33. The number of ether oxygens (including phenoxy) is 1. The van der Waals surface area contributed by atoms with Crippen molar-refractivity contribution in [1.29, 1.82) is 10.5 Å². The second kappa shape index (κ2) is 3.91. The number of rotatable bonds is 2. The summed E-state index contributed by atoms with van der Waals surface area (Å²) in [5.41, 5.74) is -0.961. The number of nitrogens with zero attached hydrogens (tertiary/aromatic N) is 2. The number of carbonyl (C=O) groups is 1. The molecule has 4 nitrogen and oxygen atoms in total. The first-order valence-corrected chi connectivity index (χ1v) is 4.20. The van der Waals surface area contributed by atoms with Crippen LogP contribution in [0.1, 0.15) is 25.7 Å². The molecule has 13 heavy (non-hydrogen) atoms. The lowest BCUT2D eigenvalue weighted by atomic mass is 9.88. The topological polar surface area (TPSA) is 73.9 Å². The van der Waals surface area contributed by atoms with E-state index < -0.39 is 11.4 Å². The molecule has 4 heteroatoms. The van der Waals surface area contributed by atoms with Crippen molar-refractivity contribution in [3.8, 4) is 12.1 Å². The highest BCUT2D eigenvalue weighted by Crippen LogP contribution is 2.38. The molecule has 1 rings (SSSR count). The van der Waals surface area contributed by atoms with Gasteiger partial charge in [0.1, 0.15) is 6.07 Å². The van der Waals surface area contributed by atoms with Crippen molar-refractivity contribution < 1.29 is 9.53 Å². The molecule has 0 aliphatic heterocycles. The van der Waals surface area contributed by atoms with Crippen LogP contribution in [-0.2, 0) is 9.53 Å². The Kier molecular flexibility index (Phi) is 2.87. The Labute approximate surface area is 76.7 Å². The Bertz CT molecular complexity index is 279. The first-order valence-electron chi connectivity index (χ1n) is 4.20. The average Bonchev–Trinajstić information content (AvgIpc) is 2.63. The molecule has 68 valence electrons. The van der Waals surface area contributed by atoms with Gasteiger partial charge in [-0.25, -0.2) is 0 Å². The highest BCUT2D eigenvalue weighted by atomic mass is 16.5. The van der Waals surface area contributed by atoms with Crippen LogP contribution in [0.15, 0.2) is 0 Å². The predicted octanol–water partition coefficient (Wildman–Crippen LogP) is 1.14. The summed E-state index contributed by atoms with van der Waals surface area (Å²) in [6.45, 7) is -0.262. The maximum absolute atomic E-state index is 11.4. The Morgan fingerprint density at radius 3 is 2.46 bits per heavy atom. The molecule has 1 saturated carbocycles. The number of hydrogen-bond acceptors (Lipinski definition) is 4. The van der Waals surface area contributed by atoms with E-state index in [2.05, 4.69) is 4.74 Å². The van der Waals surface area contributed by atoms with Crippen molar-refractivity contribution in [3.63, 3.8) is 0 Å². The fraction of sp³-hybridized carbons (Fsp3) is 0.667. The summed E-state index contributed by atoms with van der Waals surface area (Å²) in [5.74, 6) is -0.533. The SMILES string of the molecule is N#CCOC(=O)C1(C#N)CCCC1. The summed E-state index contributed by atoms with van der Waals surface area (Å²) in [5, 5.41) is 17.1. The summed E-state index contributed by atoms with van der Waals surface area (Å²) < 4.78 is 4.65. The zero-order valence-electron chi connectivity index (χ0n) is 7.25. The quantitative estimate of drug-likeness (QED) is 0.594. The summed E-state index contributed by atoms with van der Waals surface area (Å²) in [6, 6.07) is 3.71. The maximum atomic E-state index is 11.4. The van der Waals surface area contributed by atoms with Gasteiger partial charge in [0, 0.05) is 0 Å². The normalized spacial score (nSPS) is 18.6. The fourth-order valence-electron chi connectivity index (χ4n) is 1.58. The lowest BCUT2D eigenvalue weighted by Gasteiger charge is -2.16. The molecule has 0 radical (unpaired) electrons. The van der Waals surface area contributed by atoms with Gasteiger partial charge < -0.3 is 4.74 Å². The third kappa shape index (κ3) is 1.78. The van der Waals surface area contributed by atoms with E-state index in [9.17, 15) is 4.79 Å². The van der Waals surface area contributed by atoms with Crippen LogP contribution < -0.4 is 0 Å². The molecule has 1 aliphatic rings. The van der Waals surface area contributed by atoms with Crippen LogP contribution in [-0.4, -0.2) is 12.6 Å².